The van der Waals surface area contributed by atoms with Crippen LogP contribution >= 0.6 is 0 Å². The zero-order chi connectivity index (χ0) is 16.5. The predicted octanol–water partition coefficient (Wildman–Crippen LogP) is 2.48. The average molecular weight is 325 g/mol. The van der Waals surface area contributed by atoms with Gasteiger partial charge in [-0.3, -0.25) is 14.6 Å². The molecule has 4 heterocycles. The minimum absolute atomic E-state index is 0.0459. The third-order valence-electron chi connectivity index (χ3n) is 4.38. The number of nitrogens with zero attached hydrogens (tertiary/aromatic N) is 4. The highest BCUT2D eigenvalue weighted by atomic mass is 16.3. The standard InChI is InChI=1S/C17H19N5O2/c1-12-9-18-21(10-12)11-13-4-2-6-22(13)17(23)15-8-14(19-20-15)16-5-3-7-24-16/h3,5,7-10,13H,2,4,6,11H2,1H3,(H,19,20). The number of H-pyrrole nitrogens is 1. The molecule has 124 valence electrons. The van der Waals surface area contributed by atoms with Crippen molar-refractivity contribution < 1.29 is 9.21 Å². The quantitative estimate of drug-likeness (QED) is 0.799. The number of furan rings is 1. The van der Waals surface area contributed by atoms with Crippen molar-refractivity contribution in [2.24, 2.45) is 0 Å². The lowest BCUT2D eigenvalue weighted by Crippen LogP contribution is -2.38. The second-order valence-electron chi connectivity index (χ2n) is 6.18. The summed E-state index contributed by atoms with van der Waals surface area (Å²) in [5.41, 5.74) is 2.26. The Labute approximate surface area is 139 Å². The molecule has 1 aliphatic heterocycles. The minimum atomic E-state index is -0.0459. The van der Waals surface area contributed by atoms with Gasteiger partial charge in [0.25, 0.3) is 5.91 Å². The number of carbonyl (C=O) groups is 1. The molecule has 1 fully saturated rings. The van der Waals surface area contributed by atoms with Crippen LogP contribution in [0.15, 0.2) is 41.3 Å². The second-order valence-corrected chi connectivity index (χ2v) is 6.18. The highest BCUT2D eigenvalue weighted by Crippen LogP contribution is 2.23. The second kappa shape index (κ2) is 5.99. The van der Waals surface area contributed by atoms with Gasteiger partial charge in [0.2, 0.25) is 0 Å². The van der Waals surface area contributed by atoms with E-state index < -0.39 is 0 Å². The molecule has 0 aliphatic carbocycles. The fourth-order valence-electron chi connectivity index (χ4n) is 3.21. The molecular formula is C17H19N5O2. The van der Waals surface area contributed by atoms with E-state index in [1.807, 2.05) is 35.0 Å². The molecule has 1 saturated heterocycles. The summed E-state index contributed by atoms with van der Waals surface area (Å²) < 4.78 is 7.24. The van der Waals surface area contributed by atoms with Crippen LogP contribution in [0.2, 0.25) is 0 Å². The molecule has 0 saturated carbocycles. The van der Waals surface area contributed by atoms with Crippen molar-refractivity contribution in [3.8, 4) is 11.5 Å². The molecule has 24 heavy (non-hydrogen) atoms. The van der Waals surface area contributed by atoms with Crippen LogP contribution in [-0.4, -0.2) is 43.4 Å². The Morgan fingerprint density at radius 2 is 2.42 bits per heavy atom. The molecule has 3 aromatic rings. The normalized spacial score (nSPS) is 17.5. The Bertz CT molecular complexity index is 833. The van der Waals surface area contributed by atoms with E-state index in [0.717, 1.165) is 31.5 Å². The first-order valence-electron chi connectivity index (χ1n) is 8.10. The Hall–Kier alpha value is -2.83. The van der Waals surface area contributed by atoms with Gasteiger partial charge >= 0.3 is 0 Å². The number of hydrogen-bond donors (Lipinski definition) is 1. The van der Waals surface area contributed by atoms with E-state index in [1.165, 1.54) is 0 Å². The highest BCUT2D eigenvalue weighted by molar-refractivity contribution is 5.93. The number of nitrogens with one attached hydrogen (secondary N) is 1. The van der Waals surface area contributed by atoms with Crippen molar-refractivity contribution in [2.75, 3.05) is 6.54 Å². The molecule has 7 nitrogen and oxygen atoms in total. The molecule has 0 spiro atoms. The summed E-state index contributed by atoms with van der Waals surface area (Å²) in [6.45, 7) is 3.49. The van der Waals surface area contributed by atoms with Crippen LogP contribution in [0.4, 0.5) is 0 Å². The number of likely N-dealkylation sites (tertiary alicyclic amines) is 1. The third kappa shape index (κ3) is 2.73. The monoisotopic (exact) mass is 325 g/mol. The van der Waals surface area contributed by atoms with Crippen LogP contribution in [0.5, 0.6) is 0 Å². The minimum Gasteiger partial charge on any atom is -0.463 e. The summed E-state index contributed by atoms with van der Waals surface area (Å²) in [5, 5.41) is 11.4. The third-order valence-corrected chi connectivity index (χ3v) is 4.38. The number of rotatable bonds is 4. The summed E-state index contributed by atoms with van der Waals surface area (Å²) in [7, 11) is 0. The van der Waals surface area contributed by atoms with Gasteiger partial charge in [-0.25, -0.2) is 0 Å². The van der Waals surface area contributed by atoms with Crippen LogP contribution in [0, 0.1) is 6.92 Å². The molecule has 1 amide bonds. The maximum absolute atomic E-state index is 12.8. The Morgan fingerprint density at radius 3 is 3.17 bits per heavy atom. The van der Waals surface area contributed by atoms with E-state index in [-0.39, 0.29) is 11.9 Å². The van der Waals surface area contributed by atoms with Gasteiger partial charge in [0.05, 0.1) is 25.0 Å². The van der Waals surface area contributed by atoms with Gasteiger partial charge in [0, 0.05) is 18.8 Å². The number of aromatic amines is 1. The van der Waals surface area contributed by atoms with Gasteiger partial charge in [-0.2, -0.15) is 10.2 Å². The average Bonchev–Trinajstić information content (AvgIpc) is 3.35. The van der Waals surface area contributed by atoms with E-state index in [4.69, 9.17) is 4.42 Å². The molecule has 0 aromatic carbocycles. The van der Waals surface area contributed by atoms with Gasteiger partial charge in [0.1, 0.15) is 5.69 Å². The van der Waals surface area contributed by atoms with Gasteiger partial charge in [-0.1, -0.05) is 0 Å². The van der Waals surface area contributed by atoms with Gasteiger partial charge in [0.15, 0.2) is 11.5 Å². The first-order chi connectivity index (χ1) is 11.7. The van der Waals surface area contributed by atoms with E-state index >= 15 is 0 Å². The van der Waals surface area contributed by atoms with Gasteiger partial charge in [-0.05, 0) is 37.5 Å². The largest absolute Gasteiger partial charge is 0.463 e. The van der Waals surface area contributed by atoms with Crippen molar-refractivity contribution >= 4 is 5.91 Å². The Morgan fingerprint density at radius 1 is 1.50 bits per heavy atom. The molecule has 1 aliphatic rings. The van der Waals surface area contributed by atoms with Crippen LogP contribution in [-0.2, 0) is 6.54 Å². The van der Waals surface area contributed by atoms with E-state index in [9.17, 15) is 4.79 Å². The van der Waals surface area contributed by atoms with Crippen LogP contribution in [0.3, 0.4) is 0 Å². The Balaban J connectivity index is 1.50. The topological polar surface area (TPSA) is 80.0 Å². The van der Waals surface area contributed by atoms with E-state index in [0.29, 0.717) is 17.1 Å². The summed E-state index contributed by atoms with van der Waals surface area (Å²) >= 11 is 0. The fraction of sp³-hybridized carbons (Fsp3) is 0.353. The predicted molar refractivity (Wildman–Crippen MR) is 87.3 cm³/mol. The summed E-state index contributed by atoms with van der Waals surface area (Å²) in [6.07, 6.45) is 7.43. The molecule has 0 bridgehead atoms. The maximum atomic E-state index is 12.8. The smallest absolute Gasteiger partial charge is 0.274 e. The number of amides is 1. The molecular weight excluding hydrogens is 306 g/mol. The van der Waals surface area contributed by atoms with Crippen LogP contribution in [0.1, 0.15) is 28.9 Å². The van der Waals surface area contributed by atoms with Crippen molar-refractivity contribution in [1.29, 1.82) is 0 Å². The van der Waals surface area contributed by atoms with Crippen molar-refractivity contribution in [1.82, 2.24) is 24.9 Å². The fourth-order valence-corrected chi connectivity index (χ4v) is 3.21. The van der Waals surface area contributed by atoms with Crippen LogP contribution < -0.4 is 0 Å². The summed E-state index contributed by atoms with van der Waals surface area (Å²) in [5.74, 6) is 0.627. The zero-order valence-corrected chi connectivity index (χ0v) is 13.5. The lowest BCUT2D eigenvalue weighted by atomic mass is 10.2. The number of aryl methyl sites for hydroxylation is 1. The SMILES string of the molecule is Cc1cnn(CC2CCCN2C(=O)c2cc(-c3ccco3)[nH]n2)c1. The van der Waals surface area contributed by atoms with Crippen molar-refractivity contribution in [2.45, 2.75) is 32.4 Å². The summed E-state index contributed by atoms with van der Waals surface area (Å²) in [6, 6.07) is 5.54. The highest BCUT2D eigenvalue weighted by Gasteiger charge is 2.31. The molecule has 0 radical (unpaired) electrons. The van der Waals surface area contributed by atoms with Crippen molar-refractivity contribution in [3.63, 3.8) is 0 Å². The first-order valence-corrected chi connectivity index (χ1v) is 8.10. The number of hydrogen-bond acceptors (Lipinski definition) is 4. The molecule has 4 rings (SSSR count). The van der Waals surface area contributed by atoms with Crippen LogP contribution in [0.25, 0.3) is 11.5 Å². The van der Waals surface area contributed by atoms with Crippen molar-refractivity contribution in [3.05, 3.63) is 48.1 Å². The first kappa shape index (κ1) is 14.7. The van der Waals surface area contributed by atoms with Gasteiger partial charge in [-0.15, -0.1) is 0 Å². The molecule has 7 heteroatoms. The molecule has 1 atom stereocenters. The summed E-state index contributed by atoms with van der Waals surface area (Å²) in [4.78, 5) is 14.7. The molecule has 3 aromatic heterocycles. The van der Waals surface area contributed by atoms with Gasteiger partial charge < -0.3 is 9.32 Å². The number of carbonyl (C=O) groups excluding carboxylic acids is 1. The molecule has 1 N–H and O–H groups in total. The Kier molecular flexibility index (Phi) is 3.68. The zero-order valence-electron chi connectivity index (χ0n) is 13.5. The number of aromatic nitrogens is 4. The lowest BCUT2D eigenvalue weighted by Gasteiger charge is -2.23. The maximum Gasteiger partial charge on any atom is 0.274 e. The van der Waals surface area contributed by atoms with E-state index in [1.54, 1.807) is 18.4 Å². The molecule has 1 unspecified atom stereocenters. The van der Waals surface area contributed by atoms with E-state index in [2.05, 4.69) is 15.3 Å². The lowest BCUT2D eigenvalue weighted by molar-refractivity contribution is 0.0715.